The van der Waals surface area contributed by atoms with Crippen LogP contribution in [0.1, 0.15) is 28.5 Å². The van der Waals surface area contributed by atoms with Crippen LogP contribution in [0.3, 0.4) is 0 Å². The number of morpholine rings is 1. The molecule has 0 aliphatic carbocycles. The molecule has 5 aromatic rings. The van der Waals surface area contributed by atoms with Crippen LogP contribution in [0.4, 0.5) is 5.95 Å². The second kappa shape index (κ2) is 12.4. The van der Waals surface area contributed by atoms with Gasteiger partial charge in [-0.15, -0.1) is 0 Å². The van der Waals surface area contributed by atoms with E-state index in [2.05, 4.69) is 15.0 Å². The quantitative estimate of drug-likeness (QED) is 0.217. The number of anilines is 1. The lowest BCUT2D eigenvalue weighted by atomic mass is 9.79. The predicted molar refractivity (Wildman–Crippen MR) is 176 cm³/mol. The third-order valence-electron chi connectivity index (χ3n) is 9.24. The third kappa shape index (κ3) is 5.14. The molecule has 2 N–H and O–H groups in total. The highest BCUT2D eigenvalue weighted by Gasteiger charge is 2.65. The van der Waals surface area contributed by atoms with Crippen molar-refractivity contribution < 1.29 is 24.1 Å². The molecule has 4 atom stereocenters. The Bertz CT molecular complexity index is 1950. The van der Waals surface area contributed by atoms with E-state index in [0.717, 1.165) is 16.7 Å². The number of nitrogens with one attached hydrogen (secondary N) is 1. The highest BCUT2D eigenvalue weighted by molar-refractivity contribution is 5.50. The molecular weight excluding hydrogens is 614 g/mol. The van der Waals surface area contributed by atoms with Crippen LogP contribution in [0.15, 0.2) is 113 Å². The number of aliphatic hydroxyl groups excluding tert-OH is 1. The number of H-pyrrole nitrogens is 1. The first-order valence-corrected chi connectivity index (χ1v) is 15.5. The third-order valence-corrected chi connectivity index (χ3v) is 9.24. The number of aromatic nitrogens is 4. The zero-order valence-electron chi connectivity index (χ0n) is 26.6. The molecule has 0 saturated carbocycles. The fourth-order valence-electron chi connectivity index (χ4n) is 6.81. The molecule has 7 rings (SSSR count). The van der Waals surface area contributed by atoms with Crippen molar-refractivity contribution >= 4 is 5.95 Å². The number of aliphatic hydroxyl groups is 1. The summed E-state index contributed by atoms with van der Waals surface area (Å²) >= 11 is 0. The molecule has 12 nitrogen and oxygen atoms in total. The number of ether oxygens (including phenoxy) is 4. The van der Waals surface area contributed by atoms with Gasteiger partial charge in [0.05, 0.1) is 27.4 Å². The van der Waals surface area contributed by atoms with E-state index in [4.69, 9.17) is 18.9 Å². The van der Waals surface area contributed by atoms with Crippen molar-refractivity contribution in [1.29, 1.82) is 0 Å². The summed E-state index contributed by atoms with van der Waals surface area (Å²) in [5, 5.41) is 12.1. The Kier molecular flexibility index (Phi) is 8.07. The molecule has 2 fully saturated rings. The highest BCUT2D eigenvalue weighted by atomic mass is 16.6. The van der Waals surface area contributed by atoms with Crippen molar-refractivity contribution in [3.63, 3.8) is 0 Å². The van der Waals surface area contributed by atoms with Gasteiger partial charge in [-0.05, 0) is 53.9 Å². The first kappa shape index (κ1) is 31.3. The molecule has 0 spiro atoms. The molecule has 0 radical (unpaired) electrons. The molecule has 2 saturated heterocycles. The van der Waals surface area contributed by atoms with Crippen molar-refractivity contribution in [3.05, 3.63) is 147 Å². The number of hydrogen-bond acceptors (Lipinski definition) is 10. The summed E-state index contributed by atoms with van der Waals surface area (Å²) < 4.78 is 26.1. The van der Waals surface area contributed by atoms with Crippen LogP contribution in [0.5, 0.6) is 11.5 Å². The van der Waals surface area contributed by atoms with Gasteiger partial charge in [-0.1, -0.05) is 54.6 Å². The van der Waals surface area contributed by atoms with E-state index in [-0.39, 0.29) is 13.2 Å². The molecule has 3 aromatic carbocycles. The summed E-state index contributed by atoms with van der Waals surface area (Å²) in [7, 11) is 3.23. The first-order chi connectivity index (χ1) is 23.3. The number of nitrogens with zero attached hydrogens (tertiary/aromatic N) is 4. The van der Waals surface area contributed by atoms with E-state index in [0.29, 0.717) is 23.0 Å². The first-order valence-electron chi connectivity index (χ1n) is 15.5. The van der Waals surface area contributed by atoms with Gasteiger partial charge in [0.1, 0.15) is 34.8 Å². The summed E-state index contributed by atoms with van der Waals surface area (Å²) in [6.07, 6.45) is 2.55. The van der Waals surface area contributed by atoms with Gasteiger partial charge in [0, 0.05) is 24.2 Å². The van der Waals surface area contributed by atoms with Gasteiger partial charge in [-0.2, -0.15) is 0 Å². The fourth-order valence-corrected chi connectivity index (χ4v) is 6.81. The average Bonchev–Trinajstić information content (AvgIpc) is 3.57. The highest BCUT2D eigenvalue weighted by Crippen LogP contribution is 2.50. The largest absolute Gasteiger partial charge is 0.497 e. The Morgan fingerprint density at radius 1 is 0.896 bits per heavy atom. The van der Waals surface area contributed by atoms with E-state index in [1.165, 1.54) is 10.8 Å². The predicted octanol–water partition coefficient (Wildman–Crippen LogP) is 3.18. The Labute approximate surface area is 276 Å². The number of benzene rings is 3. The van der Waals surface area contributed by atoms with Gasteiger partial charge in [0.15, 0.2) is 6.23 Å². The topological polar surface area (TPSA) is 141 Å². The van der Waals surface area contributed by atoms with Crippen molar-refractivity contribution in [2.24, 2.45) is 0 Å². The van der Waals surface area contributed by atoms with Gasteiger partial charge >= 0.3 is 5.69 Å². The lowest BCUT2D eigenvalue weighted by molar-refractivity contribution is -0.159. The fraction of sp³-hybridized carbons (Fsp3) is 0.278. The molecule has 12 heteroatoms. The minimum Gasteiger partial charge on any atom is -0.497 e. The van der Waals surface area contributed by atoms with Crippen molar-refractivity contribution in [3.8, 4) is 11.5 Å². The zero-order chi connectivity index (χ0) is 33.5. The van der Waals surface area contributed by atoms with E-state index >= 15 is 0 Å². The van der Waals surface area contributed by atoms with Crippen LogP contribution in [0, 0.1) is 6.92 Å². The lowest BCUT2D eigenvalue weighted by Gasteiger charge is -2.41. The number of rotatable bonds is 10. The lowest BCUT2D eigenvalue weighted by Crippen LogP contribution is -2.52. The molecule has 48 heavy (non-hydrogen) atoms. The van der Waals surface area contributed by atoms with E-state index in [1.807, 2.05) is 83.8 Å². The minimum absolute atomic E-state index is 0.103. The molecule has 246 valence electrons. The second-order valence-corrected chi connectivity index (χ2v) is 12.0. The Morgan fingerprint density at radius 3 is 2.06 bits per heavy atom. The normalized spacial score (nSPS) is 21.8. The minimum atomic E-state index is -1.34. The van der Waals surface area contributed by atoms with Gasteiger partial charge in [0.2, 0.25) is 5.95 Å². The number of aromatic amines is 1. The van der Waals surface area contributed by atoms with Crippen LogP contribution in [-0.2, 0) is 15.1 Å². The van der Waals surface area contributed by atoms with Crippen LogP contribution in [0.25, 0.3) is 0 Å². The molecular formula is C36H35N5O7. The number of aryl methyl sites for hydroxylation is 1. The summed E-state index contributed by atoms with van der Waals surface area (Å²) in [6, 6.07) is 26.0. The molecule has 2 aromatic heterocycles. The van der Waals surface area contributed by atoms with Gasteiger partial charge in [0.25, 0.3) is 5.56 Å². The van der Waals surface area contributed by atoms with Gasteiger partial charge in [-0.25, -0.2) is 14.8 Å². The number of methoxy groups -OCH3 is 2. The zero-order valence-corrected chi connectivity index (χ0v) is 26.6. The molecule has 4 heterocycles. The number of fused-ring (bicyclic) bond motifs is 2. The van der Waals surface area contributed by atoms with Crippen LogP contribution in [-0.4, -0.2) is 69.7 Å². The maximum atomic E-state index is 13.1. The SMILES string of the molecule is COc1ccc(C(OC[C@@]23CN(c4ncccn4)[C@@H]([C@H](n4cc(C)c(=O)[nH]c4=O)O2)[C@@H]3O)(c2ccccc2)c2ccc(OC)cc2)cc1. The average molecular weight is 650 g/mol. The molecule has 0 amide bonds. The monoisotopic (exact) mass is 649 g/mol. The maximum absolute atomic E-state index is 13.1. The Hall–Kier alpha value is -5.30. The summed E-state index contributed by atoms with van der Waals surface area (Å²) in [6.45, 7) is 1.67. The standard InChI is InChI=1S/C36H35N5O7/c1-23-20-40(34(44)39-31(23)43)32-29-30(42)35(48-32,21-41(29)33-37-18-7-19-38-33)22-47-36(24-8-5-4-6-9-24,25-10-14-27(45-2)15-11-25)26-12-16-28(46-3)17-13-26/h4-20,29-30,32,42H,21-22H2,1-3H3,(H,39,43,44)/t29-,30+,32-,35-/m1/s1. The van der Waals surface area contributed by atoms with Crippen molar-refractivity contribution in [1.82, 2.24) is 19.5 Å². The van der Waals surface area contributed by atoms with E-state index in [9.17, 15) is 14.7 Å². The van der Waals surface area contributed by atoms with Crippen LogP contribution < -0.4 is 25.6 Å². The summed E-state index contributed by atoms with van der Waals surface area (Å²) in [5.74, 6) is 1.74. The van der Waals surface area contributed by atoms with Crippen molar-refractivity contribution in [2.45, 2.75) is 36.5 Å². The Balaban J connectivity index is 1.37. The van der Waals surface area contributed by atoms with Gasteiger partial charge in [-0.3, -0.25) is 14.3 Å². The van der Waals surface area contributed by atoms with E-state index in [1.54, 1.807) is 39.6 Å². The summed E-state index contributed by atoms with van der Waals surface area (Å²) in [4.78, 5) is 38.5. The molecule has 2 aliphatic rings. The smallest absolute Gasteiger partial charge is 0.330 e. The molecule has 2 bridgehead atoms. The van der Waals surface area contributed by atoms with Crippen molar-refractivity contribution in [2.75, 3.05) is 32.3 Å². The summed E-state index contributed by atoms with van der Waals surface area (Å²) in [5.41, 5.74) is -0.889. The van der Waals surface area contributed by atoms with Gasteiger partial charge < -0.3 is 29.0 Å². The second-order valence-electron chi connectivity index (χ2n) is 12.0. The molecule has 2 aliphatic heterocycles. The number of hydrogen-bond donors (Lipinski definition) is 2. The van der Waals surface area contributed by atoms with Crippen LogP contribution in [0.2, 0.25) is 0 Å². The molecule has 0 unspecified atom stereocenters. The Morgan fingerprint density at radius 2 is 1.48 bits per heavy atom. The van der Waals surface area contributed by atoms with Crippen LogP contribution >= 0.6 is 0 Å². The van der Waals surface area contributed by atoms with E-state index < -0.39 is 40.8 Å². The maximum Gasteiger partial charge on any atom is 0.330 e.